The molecule has 46 heavy (non-hydrogen) atoms. The zero-order chi connectivity index (χ0) is 30.6. The van der Waals surface area contributed by atoms with E-state index in [0.29, 0.717) is 12.4 Å². The van der Waals surface area contributed by atoms with Crippen LogP contribution in [0.2, 0.25) is 0 Å². The van der Waals surface area contributed by atoms with Crippen LogP contribution in [0.15, 0.2) is 91.0 Å². The van der Waals surface area contributed by atoms with Crippen molar-refractivity contribution in [2.45, 2.75) is 75.3 Å². The van der Waals surface area contributed by atoms with Gasteiger partial charge in [0.15, 0.2) is 17.6 Å². The molecule has 1 saturated heterocycles. The smallest absolute Gasteiger partial charge is 0.166 e. The quantitative estimate of drug-likeness (QED) is 0.206. The average molecular weight is 609 g/mol. The van der Waals surface area contributed by atoms with Gasteiger partial charge in [-0.25, -0.2) is 0 Å². The van der Waals surface area contributed by atoms with Gasteiger partial charge in [-0.05, 0) is 79.0 Å². The van der Waals surface area contributed by atoms with E-state index in [1.165, 1.54) is 62.8 Å². The van der Waals surface area contributed by atoms with Crippen LogP contribution in [0.4, 0.5) is 0 Å². The van der Waals surface area contributed by atoms with E-state index in [4.69, 9.17) is 9.47 Å². The molecule has 2 fully saturated rings. The number of likely N-dealkylation sites (tertiary alicyclic amines) is 1. The summed E-state index contributed by atoms with van der Waals surface area (Å²) in [6.07, 6.45) is 5.11. The number of fused-ring (bicyclic) bond motifs is 4. The highest BCUT2D eigenvalue weighted by molar-refractivity contribution is 5.90. The lowest BCUT2D eigenvalue weighted by atomic mass is 9.48. The summed E-state index contributed by atoms with van der Waals surface area (Å²) in [5, 5.41) is 12.7. The van der Waals surface area contributed by atoms with Crippen LogP contribution in [-0.2, 0) is 36.1 Å². The number of phenols is 1. The maximum absolute atomic E-state index is 11.4. The van der Waals surface area contributed by atoms with Crippen molar-refractivity contribution in [1.29, 1.82) is 0 Å². The zero-order valence-electron chi connectivity index (χ0n) is 26.4. The summed E-state index contributed by atoms with van der Waals surface area (Å²) in [5.41, 5.74) is 9.30. The predicted molar refractivity (Wildman–Crippen MR) is 179 cm³/mol. The maximum atomic E-state index is 11.4. The number of para-hydroxylation sites is 1. The first kappa shape index (κ1) is 27.1. The Balaban J connectivity index is 1.25. The number of aryl methyl sites for hydroxylation is 1. The Morgan fingerprint density at radius 1 is 0.913 bits per heavy atom. The number of hydrogen-bond acceptors (Lipinski definition) is 4. The maximum Gasteiger partial charge on any atom is 0.166 e. The molecule has 5 nitrogen and oxygen atoms in total. The lowest BCUT2D eigenvalue weighted by Crippen LogP contribution is -2.75. The first-order valence-electron chi connectivity index (χ1n) is 17.2. The molecule has 2 aliphatic heterocycles. The van der Waals surface area contributed by atoms with Crippen molar-refractivity contribution in [3.8, 4) is 11.5 Å². The summed E-state index contributed by atoms with van der Waals surface area (Å²) in [7, 11) is 0. The zero-order valence-corrected chi connectivity index (χ0v) is 26.4. The molecule has 0 amide bonds. The number of phenolic OH excluding ortho intramolecular Hbond substituents is 1. The second-order valence-electron chi connectivity index (χ2n) is 14.6. The number of aromatic nitrogens is 1. The third-order valence-corrected chi connectivity index (χ3v) is 12.1. The molecule has 1 aromatic heterocycles. The fraction of sp³-hybridized carbons (Fsp3) is 0.366. The van der Waals surface area contributed by atoms with E-state index in [-0.39, 0.29) is 17.9 Å². The van der Waals surface area contributed by atoms with E-state index in [9.17, 15) is 5.11 Å². The van der Waals surface area contributed by atoms with Crippen LogP contribution in [0.1, 0.15) is 64.4 Å². The minimum absolute atomic E-state index is 0.227. The normalized spacial score (nSPS) is 27.3. The first-order valence-corrected chi connectivity index (χ1v) is 17.2. The van der Waals surface area contributed by atoms with Crippen molar-refractivity contribution in [3.05, 3.63) is 130 Å². The minimum atomic E-state index is -0.505. The second-order valence-corrected chi connectivity index (χ2v) is 14.6. The van der Waals surface area contributed by atoms with E-state index in [0.717, 1.165) is 44.8 Å². The van der Waals surface area contributed by atoms with Gasteiger partial charge in [-0.2, -0.15) is 0 Å². The molecule has 0 radical (unpaired) electrons. The highest BCUT2D eigenvalue weighted by Gasteiger charge is 2.74. The van der Waals surface area contributed by atoms with Crippen LogP contribution >= 0.6 is 0 Å². The molecule has 1 spiro atoms. The molecule has 3 heterocycles. The largest absolute Gasteiger partial charge is 0.504 e. The van der Waals surface area contributed by atoms with Crippen LogP contribution in [0.5, 0.6) is 11.5 Å². The fourth-order valence-electron chi connectivity index (χ4n) is 10.1. The molecule has 4 atom stereocenters. The molecule has 5 heteroatoms. The van der Waals surface area contributed by atoms with Crippen molar-refractivity contribution in [3.63, 3.8) is 0 Å². The van der Waals surface area contributed by atoms with Gasteiger partial charge in [-0.3, -0.25) is 4.90 Å². The summed E-state index contributed by atoms with van der Waals surface area (Å²) in [6, 6.07) is 32.5. The molecular weight excluding hydrogens is 568 g/mol. The number of aromatic hydroxyl groups is 1. The van der Waals surface area contributed by atoms with Crippen LogP contribution in [0, 0.1) is 12.8 Å². The summed E-state index contributed by atoms with van der Waals surface area (Å²) in [4.78, 5) is 2.79. The predicted octanol–water partition coefficient (Wildman–Crippen LogP) is 7.63. The molecule has 5 aromatic rings. The van der Waals surface area contributed by atoms with Crippen molar-refractivity contribution < 1.29 is 14.6 Å². The van der Waals surface area contributed by atoms with Gasteiger partial charge in [-0.15, -0.1) is 0 Å². The first-order chi connectivity index (χ1) is 22.6. The Bertz CT molecular complexity index is 2000. The van der Waals surface area contributed by atoms with Crippen LogP contribution in [0.25, 0.3) is 10.9 Å². The highest BCUT2D eigenvalue weighted by Crippen LogP contribution is 2.70. The fourth-order valence-corrected chi connectivity index (χ4v) is 10.1. The van der Waals surface area contributed by atoms with E-state index in [1.807, 2.05) is 6.07 Å². The van der Waals surface area contributed by atoms with Crippen molar-refractivity contribution in [2.75, 3.05) is 13.1 Å². The molecule has 1 N–H and O–H groups in total. The Hall–Kier alpha value is -4.06. The molecule has 2 bridgehead atoms. The molecule has 5 aliphatic rings. The summed E-state index contributed by atoms with van der Waals surface area (Å²) >= 11 is 0. The van der Waals surface area contributed by atoms with Crippen molar-refractivity contribution in [2.24, 2.45) is 5.92 Å². The summed E-state index contributed by atoms with van der Waals surface area (Å²) in [6.45, 7) is 5.75. The van der Waals surface area contributed by atoms with Gasteiger partial charge in [0.25, 0.3) is 0 Å². The van der Waals surface area contributed by atoms with Gasteiger partial charge in [0.1, 0.15) is 5.60 Å². The van der Waals surface area contributed by atoms with E-state index in [1.54, 1.807) is 0 Å². The monoisotopic (exact) mass is 608 g/mol. The number of nitrogens with zero attached hydrogens (tertiary/aromatic N) is 2. The topological polar surface area (TPSA) is 46.9 Å². The van der Waals surface area contributed by atoms with E-state index in [2.05, 4.69) is 101 Å². The number of ether oxygens (including phenoxy) is 2. The van der Waals surface area contributed by atoms with Gasteiger partial charge >= 0.3 is 0 Å². The van der Waals surface area contributed by atoms with Gasteiger partial charge in [0.2, 0.25) is 0 Å². The number of hydrogen-bond donors (Lipinski definition) is 1. The van der Waals surface area contributed by atoms with Crippen LogP contribution in [-0.4, -0.2) is 39.3 Å². The van der Waals surface area contributed by atoms with Gasteiger partial charge < -0.3 is 19.1 Å². The molecule has 1 saturated carbocycles. The van der Waals surface area contributed by atoms with Gasteiger partial charge in [0.05, 0.1) is 23.2 Å². The Morgan fingerprint density at radius 2 is 1.70 bits per heavy atom. The Morgan fingerprint density at radius 3 is 2.48 bits per heavy atom. The summed E-state index contributed by atoms with van der Waals surface area (Å²) in [5.74, 6) is 1.73. The second kappa shape index (κ2) is 9.73. The minimum Gasteiger partial charge on any atom is -0.504 e. The standard InChI is InChI=1S/C41H40N2O3/c1-26-9-8-14-31-32-22-41(45-25-29-12-6-3-7-13-29)34-21-30-17-18-33(44)38-35(30)40(41,19-20-42(34)23-28-15-16-28)39(46-38)37(32)43(36(26)31)24-27-10-4-2-5-11-27/h2-14,17-18,28,34,39,44H,15-16,19-25H2,1H3/t34-,39+,40+,41-/m1/s1. The van der Waals surface area contributed by atoms with E-state index >= 15 is 0 Å². The number of benzene rings is 4. The van der Waals surface area contributed by atoms with Crippen LogP contribution in [0.3, 0.4) is 0 Å². The molecule has 4 aromatic carbocycles. The summed E-state index contributed by atoms with van der Waals surface area (Å²) < 4.78 is 17.4. The lowest BCUT2D eigenvalue weighted by molar-refractivity contribution is -0.211. The average Bonchev–Trinajstić information content (AvgIpc) is 3.75. The molecule has 10 rings (SSSR count). The highest BCUT2D eigenvalue weighted by atomic mass is 16.5. The van der Waals surface area contributed by atoms with Gasteiger partial charge in [-0.1, -0.05) is 84.9 Å². The molecule has 3 aliphatic carbocycles. The molecular formula is C41H40N2O3. The van der Waals surface area contributed by atoms with Gasteiger partial charge in [0, 0.05) is 36.5 Å². The third-order valence-electron chi connectivity index (χ3n) is 12.1. The van der Waals surface area contributed by atoms with Crippen molar-refractivity contribution in [1.82, 2.24) is 9.47 Å². The lowest BCUT2D eigenvalue weighted by Gasteiger charge is -2.64. The van der Waals surface area contributed by atoms with Crippen molar-refractivity contribution >= 4 is 10.9 Å². The Labute approximate surface area is 270 Å². The van der Waals surface area contributed by atoms with Crippen LogP contribution < -0.4 is 4.74 Å². The number of rotatable bonds is 7. The van der Waals surface area contributed by atoms with E-state index < -0.39 is 11.0 Å². The SMILES string of the molecule is Cc1cccc2c3c(n(Cc4ccccc4)c12)[C@@H]1Oc2c(O)ccc4c2[C@@]12CCN(CC1CC1)[C@H](C4)[C@]2(OCc1ccccc1)C3. The Kier molecular flexibility index (Phi) is 5.73. The molecule has 232 valence electrons. The number of piperidine rings is 1. The third kappa shape index (κ3) is 3.59. The molecule has 0 unspecified atom stereocenters.